The van der Waals surface area contributed by atoms with E-state index < -0.39 is 0 Å². The standard InChI is InChI=1S/C14H23N3O/c1-11-13(8-15)9-16-14(17-11)18-10-12-6-4-2-3-5-7-12/h9,12H,2-8,10,15H2,1H3. The van der Waals surface area contributed by atoms with Crippen molar-refractivity contribution in [1.82, 2.24) is 9.97 Å². The molecule has 1 aromatic rings. The van der Waals surface area contributed by atoms with Gasteiger partial charge in [0, 0.05) is 24.0 Å². The van der Waals surface area contributed by atoms with E-state index in [0.29, 0.717) is 18.5 Å². The van der Waals surface area contributed by atoms with Crippen LogP contribution in [0.5, 0.6) is 6.01 Å². The van der Waals surface area contributed by atoms with Gasteiger partial charge < -0.3 is 10.5 Å². The van der Waals surface area contributed by atoms with Crippen LogP contribution in [0.3, 0.4) is 0 Å². The second-order valence-corrected chi connectivity index (χ2v) is 5.14. The van der Waals surface area contributed by atoms with Crippen molar-refractivity contribution < 1.29 is 4.74 Å². The lowest BCUT2D eigenvalue weighted by Crippen LogP contribution is -2.13. The first-order valence-corrected chi connectivity index (χ1v) is 6.95. The van der Waals surface area contributed by atoms with Crippen molar-refractivity contribution in [2.24, 2.45) is 11.7 Å². The van der Waals surface area contributed by atoms with Crippen molar-refractivity contribution in [3.05, 3.63) is 17.5 Å². The van der Waals surface area contributed by atoms with Gasteiger partial charge in [-0.3, -0.25) is 0 Å². The highest BCUT2D eigenvalue weighted by molar-refractivity contribution is 5.17. The lowest BCUT2D eigenvalue weighted by Gasteiger charge is -2.14. The minimum absolute atomic E-state index is 0.481. The van der Waals surface area contributed by atoms with E-state index in [4.69, 9.17) is 10.5 Å². The largest absolute Gasteiger partial charge is 0.463 e. The molecule has 1 aliphatic rings. The summed E-state index contributed by atoms with van der Waals surface area (Å²) in [4.78, 5) is 8.54. The first kappa shape index (κ1) is 13.3. The zero-order valence-corrected chi connectivity index (χ0v) is 11.2. The van der Waals surface area contributed by atoms with Crippen LogP contribution in [0.4, 0.5) is 0 Å². The molecule has 0 atom stereocenters. The fraction of sp³-hybridized carbons (Fsp3) is 0.714. The molecule has 1 heterocycles. The normalized spacial score (nSPS) is 17.4. The highest BCUT2D eigenvalue weighted by Crippen LogP contribution is 2.23. The molecule has 4 heteroatoms. The number of hydrogen-bond donors (Lipinski definition) is 1. The number of nitrogens with zero attached hydrogens (tertiary/aromatic N) is 2. The van der Waals surface area contributed by atoms with Crippen LogP contribution >= 0.6 is 0 Å². The predicted molar refractivity (Wildman–Crippen MR) is 71.3 cm³/mol. The first-order valence-electron chi connectivity index (χ1n) is 6.95. The van der Waals surface area contributed by atoms with Gasteiger partial charge in [0.1, 0.15) is 0 Å². The summed E-state index contributed by atoms with van der Waals surface area (Å²) in [6.45, 7) is 3.18. The predicted octanol–water partition coefficient (Wildman–Crippen LogP) is 2.59. The van der Waals surface area contributed by atoms with E-state index in [9.17, 15) is 0 Å². The Balaban J connectivity index is 1.87. The Kier molecular flexibility index (Phi) is 4.93. The molecule has 0 aliphatic heterocycles. The number of ether oxygens (including phenoxy) is 1. The molecule has 2 rings (SSSR count). The van der Waals surface area contributed by atoms with Crippen molar-refractivity contribution in [3.8, 4) is 6.01 Å². The summed E-state index contributed by atoms with van der Waals surface area (Å²) in [5.41, 5.74) is 7.49. The summed E-state index contributed by atoms with van der Waals surface area (Å²) in [6.07, 6.45) is 9.74. The maximum Gasteiger partial charge on any atom is 0.316 e. The highest BCUT2D eigenvalue weighted by Gasteiger charge is 2.13. The van der Waals surface area contributed by atoms with E-state index in [2.05, 4.69) is 9.97 Å². The van der Waals surface area contributed by atoms with Crippen LogP contribution in [0.2, 0.25) is 0 Å². The summed E-state index contributed by atoms with van der Waals surface area (Å²) in [7, 11) is 0. The molecule has 1 fully saturated rings. The Labute approximate surface area is 109 Å². The third-order valence-corrected chi connectivity index (χ3v) is 3.70. The van der Waals surface area contributed by atoms with E-state index in [1.54, 1.807) is 6.20 Å². The average molecular weight is 249 g/mol. The Bertz CT molecular complexity index is 373. The maximum absolute atomic E-state index is 5.72. The van der Waals surface area contributed by atoms with Crippen molar-refractivity contribution in [1.29, 1.82) is 0 Å². The zero-order chi connectivity index (χ0) is 12.8. The maximum atomic E-state index is 5.72. The number of hydrogen-bond acceptors (Lipinski definition) is 4. The third kappa shape index (κ3) is 3.67. The van der Waals surface area contributed by atoms with Gasteiger partial charge in [0.05, 0.1) is 6.61 Å². The summed E-state index contributed by atoms with van der Waals surface area (Å²) in [5.74, 6) is 0.672. The van der Waals surface area contributed by atoms with Crippen molar-refractivity contribution >= 4 is 0 Å². The fourth-order valence-corrected chi connectivity index (χ4v) is 2.46. The molecule has 0 amide bonds. The second kappa shape index (κ2) is 6.69. The number of aromatic nitrogens is 2. The van der Waals surface area contributed by atoms with Crippen molar-refractivity contribution in [2.45, 2.75) is 52.0 Å². The Morgan fingerprint density at radius 1 is 1.28 bits per heavy atom. The quantitative estimate of drug-likeness (QED) is 0.833. The minimum atomic E-state index is 0.481. The molecule has 1 saturated carbocycles. The molecule has 0 aromatic carbocycles. The van der Waals surface area contributed by atoms with E-state index in [-0.39, 0.29) is 0 Å². The molecule has 0 bridgehead atoms. The number of rotatable bonds is 4. The van der Waals surface area contributed by atoms with Crippen molar-refractivity contribution in [3.63, 3.8) is 0 Å². The Morgan fingerprint density at radius 2 is 2.00 bits per heavy atom. The average Bonchev–Trinajstić information content (AvgIpc) is 2.65. The molecule has 2 N–H and O–H groups in total. The molecule has 100 valence electrons. The van der Waals surface area contributed by atoms with Crippen LogP contribution < -0.4 is 10.5 Å². The smallest absolute Gasteiger partial charge is 0.316 e. The molecule has 1 aliphatic carbocycles. The molecule has 4 nitrogen and oxygen atoms in total. The van der Waals surface area contributed by atoms with Gasteiger partial charge in [0.15, 0.2) is 0 Å². The van der Waals surface area contributed by atoms with Crippen LogP contribution in [-0.2, 0) is 6.54 Å². The van der Waals surface area contributed by atoms with E-state index in [0.717, 1.165) is 17.9 Å². The lowest BCUT2D eigenvalue weighted by atomic mass is 10.0. The van der Waals surface area contributed by atoms with Crippen LogP contribution in [0.25, 0.3) is 0 Å². The minimum Gasteiger partial charge on any atom is -0.463 e. The number of nitrogens with two attached hydrogens (primary N) is 1. The molecule has 0 spiro atoms. The van der Waals surface area contributed by atoms with Gasteiger partial charge in [-0.15, -0.1) is 0 Å². The van der Waals surface area contributed by atoms with Gasteiger partial charge >= 0.3 is 6.01 Å². The second-order valence-electron chi connectivity index (χ2n) is 5.14. The topological polar surface area (TPSA) is 61.0 Å². The Morgan fingerprint density at radius 3 is 2.61 bits per heavy atom. The Hall–Kier alpha value is -1.16. The molecule has 0 unspecified atom stereocenters. The lowest BCUT2D eigenvalue weighted by molar-refractivity contribution is 0.217. The van der Waals surface area contributed by atoms with Gasteiger partial charge in [0.25, 0.3) is 0 Å². The molecule has 18 heavy (non-hydrogen) atoms. The van der Waals surface area contributed by atoms with Gasteiger partial charge in [-0.25, -0.2) is 9.97 Å². The van der Waals surface area contributed by atoms with Crippen LogP contribution in [0.15, 0.2) is 6.20 Å². The van der Waals surface area contributed by atoms with Crippen LogP contribution in [-0.4, -0.2) is 16.6 Å². The zero-order valence-electron chi connectivity index (χ0n) is 11.2. The van der Waals surface area contributed by atoms with Crippen LogP contribution in [0, 0.1) is 12.8 Å². The molecule has 1 aromatic heterocycles. The van der Waals surface area contributed by atoms with Gasteiger partial charge in [0.2, 0.25) is 0 Å². The van der Waals surface area contributed by atoms with Gasteiger partial charge in [-0.05, 0) is 25.7 Å². The van der Waals surface area contributed by atoms with E-state index in [1.165, 1.54) is 38.5 Å². The van der Waals surface area contributed by atoms with Crippen LogP contribution in [0.1, 0.15) is 49.8 Å². The third-order valence-electron chi connectivity index (χ3n) is 3.70. The molecule has 0 radical (unpaired) electrons. The number of aryl methyl sites for hydroxylation is 1. The SMILES string of the molecule is Cc1nc(OCC2CCCCCC2)ncc1CN. The monoisotopic (exact) mass is 249 g/mol. The van der Waals surface area contributed by atoms with Gasteiger partial charge in [-0.1, -0.05) is 25.7 Å². The summed E-state index contributed by atoms with van der Waals surface area (Å²) in [6, 6.07) is 0.494. The molecular formula is C14H23N3O. The van der Waals surface area contributed by atoms with E-state index >= 15 is 0 Å². The van der Waals surface area contributed by atoms with Crippen molar-refractivity contribution in [2.75, 3.05) is 6.61 Å². The molecule has 0 saturated heterocycles. The fourth-order valence-electron chi connectivity index (χ4n) is 2.46. The summed E-state index contributed by atoms with van der Waals surface area (Å²) < 4.78 is 5.72. The summed E-state index contributed by atoms with van der Waals surface area (Å²) >= 11 is 0. The molecular weight excluding hydrogens is 226 g/mol. The highest BCUT2D eigenvalue weighted by atomic mass is 16.5. The first-order chi connectivity index (χ1) is 8.79. The van der Waals surface area contributed by atoms with E-state index in [1.807, 2.05) is 6.92 Å². The summed E-state index contributed by atoms with van der Waals surface area (Å²) in [5, 5.41) is 0. The van der Waals surface area contributed by atoms with Gasteiger partial charge in [-0.2, -0.15) is 0 Å².